The number of aryl methyl sites for hydroxylation is 1. The second-order valence-electron chi connectivity index (χ2n) is 3.92. The van der Waals surface area contributed by atoms with Crippen LogP contribution in [-0.4, -0.2) is 19.7 Å². The fourth-order valence-electron chi connectivity index (χ4n) is 1.69. The molecular formula is C12H11N5O. The minimum Gasteiger partial charge on any atom is -0.472 e. The molecule has 0 radical (unpaired) electrons. The molecule has 0 aliphatic rings. The highest BCUT2D eigenvalue weighted by molar-refractivity contribution is 5.65. The van der Waals surface area contributed by atoms with E-state index in [1.165, 1.54) is 0 Å². The minimum atomic E-state index is 0.417. The fourth-order valence-corrected chi connectivity index (χ4v) is 1.69. The summed E-state index contributed by atoms with van der Waals surface area (Å²) in [4.78, 5) is 8.64. The monoisotopic (exact) mass is 241 g/mol. The normalized spacial score (nSPS) is 10.7. The molecule has 0 fully saturated rings. The number of hydrogen-bond acceptors (Lipinski definition) is 5. The van der Waals surface area contributed by atoms with Crippen molar-refractivity contribution in [2.24, 2.45) is 7.05 Å². The van der Waals surface area contributed by atoms with E-state index in [-0.39, 0.29) is 0 Å². The molecule has 0 bridgehead atoms. The summed E-state index contributed by atoms with van der Waals surface area (Å²) in [6.45, 7) is 0. The van der Waals surface area contributed by atoms with Gasteiger partial charge in [0.2, 0.25) is 0 Å². The molecule has 0 saturated carbocycles. The number of nitrogen functional groups attached to an aromatic ring is 1. The molecule has 0 atom stereocenters. The molecule has 3 rings (SSSR count). The molecule has 90 valence electrons. The largest absolute Gasteiger partial charge is 0.472 e. The molecule has 3 aromatic heterocycles. The number of rotatable bonds is 2. The van der Waals surface area contributed by atoms with E-state index in [0.29, 0.717) is 11.6 Å². The summed E-state index contributed by atoms with van der Waals surface area (Å²) in [6.07, 6.45) is 6.77. The molecule has 6 nitrogen and oxygen atoms in total. The van der Waals surface area contributed by atoms with Crippen LogP contribution in [0, 0.1) is 0 Å². The van der Waals surface area contributed by atoms with Gasteiger partial charge in [-0.3, -0.25) is 4.68 Å². The van der Waals surface area contributed by atoms with Gasteiger partial charge in [-0.1, -0.05) is 0 Å². The van der Waals surface area contributed by atoms with Gasteiger partial charge in [-0.25, -0.2) is 9.97 Å². The third-order valence-corrected chi connectivity index (χ3v) is 2.53. The van der Waals surface area contributed by atoms with Gasteiger partial charge in [0.25, 0.3) is 0 Å². The van der Waals surface area contributed by atoms with E-state index in [1.807, 2.05) is 13.2 Å². The van der Waals surface area contributed by atoms with Crippen LogP contribution in [0.1, 0.15) is 0 Å². The minimum absolute atomic E-state index is 0.417. The Bertz CT molecular complexity index is 672. The molecule has 0 aromatic carbocycles. The Morgan fingerprint density at radius 1 is 1.28 bits per heavy atom. The topological polar surface area (TPSA) is 82.8 Å². The Morgan fingerprint density at radius 3 is 2.83 bits per heavy atom. The number of hydrogen-bond donors (Lipinski definition) is 1. The molecular weight excluding hydrogens is 230 g/mol. The maximum absolute atomic E-state index is 5.80. The first-order chi connectivity index (χ1) is 8.72. The van der Waals surface area contributed by atoms with Crippen molar-refractivity contribution in [1.82, 2.24) is 19.7 Å². The van der Waals surface area contributed by atoms with Gasteiger partial charge in [-0.05, 0) is 6.07 Å². The lowest BCUT2D eigenvalue weighted by molar-refractivity contribution is 0.568. The second kappa shape index (κ2) is 3.99. The summed E-state index contributed by atoms with van der Waals surface area (Å²) in [7, 11) is 1.85. The summed E-state index contributed by atoms with van der Waals surface area (Å²) in [5.74, 6) is 0.961. The first-order valence-electron chi connectivity index (χ1n) is 5.38. The molecule has 18 heavy (non-hydrogen) atoms. The molecule has 6 heteroatoms. The summed E-state index contributed by atoms with van der Waals surface area (Å²) in [6, 6.07) is 3.52. The van der Waals surface area contributed by atoms with E-state index in [0.717, 1.165) is 16.8 Å². The van der Waals surface area contributed by atoms with Gasteiger partial charge in [0, 0.05) is 24.9 Å². The third kappa shape index (κ3) is 1.84. The van der Waals surface area contributed by atoms with Crippen LogP contribution in [0.5, 0.6) is 0 Å². The molecule has 0 saturated heterocycles. The fraction of sp³-hybridized carbons (Fsp3) is 0.0833. The Morgan fingerprint density at radius 2 is 2.17 bits per heavy atom. The first kappa shape index (κ1) is 10.5. The van der Waals surface area contributed by atoms with Crippen molar-refractivity contribution in [3.63, 3.8) is 0 Å². The molecule has 0 aliphatic heterocycles. The molecule has 0 amide bonds. The maximum Gasteiger partial charge on any atom is 0.165 e. The van der Waals surface area contributed by atoms with Gasteiger partial charge in [0.1, 0.15) is 12.1 Å². The lowest BCUT2D eigenvalue weighted by Crippen LogP contribution is -1.97. The van der Waals surface area contributed by atoms with Crippen LogP contribution in [0.4, 0.5) is 5.82 Å². The number of aromatic nitrogens is 4. The summed E-state index contributed by atoms with van der Waals surface area (Å²) in [5, 5.41) is 4.11. The molecule has 2 N–H and O–H groups in total. The van der Waals surface area contributed by atoms with Crippen molar-refractivity contribution < 1.29 is 4.42 Å². The van der Waals surface area contributed by atoms with Gasteiger partial charge in [-0.2, -0.15) is 5.10 Å². The zero-order valence-electron chi connectivity index (χ0n) is 9.74. The van der Waals surface area contributed by atoms with E-state index in [1.54, 1.807) is 35.5 Å². The van der Waals surface area contributed by atoms with Gasteiger partial charge >= 0.3 is 0 Å². The van der Waals surface area contributed by atoms with Crippen LogP contribution in [0.3, 0.4) is 0 Å². The van der Waals surface area contributed by atoms with Crippen molar-refractivity contribution in [2.45, 2.75) is 0 Å². The summed E-state index contributed by atoms with van der Waals surface area (Å²) in [5.41, 5.74) is 8.24. The first-order valence-corrected chi connectivity index (χ1v) is 5.38. The zero-order valence-corrected chi connectivity index (χ0v) is 9.74. The third-order valence-electron chi connectivity index (χ3n) is 2.53. The van der Waals surface area contributed by atoms with Gasteiger partial charge in [0.15, 0.2) is 5.82 Å². The van der Waals surface area contributed by atoms with Crippen LogP contribution in [0.2, 0.25) is 0 Å². The number of nitrogens with zero attached hydrogens (tertiary/aromatic N) is 4. The molecule has 0 aliphatic carbocycles. The van der Waals surface area contributed by atoms with Crippen molar-refractivity contribution in [1.29, 1.82) is 0 Å². The van der Waals surface area contributed by atoms with Crippen molar-refractivity contribution in [2.75, 3.05) is 5.73 Å². The van der Waals surface area contributed by atoms with Crippen molar-refractivity contribution in [3.05, 3.63) is 37.1 Å². The smallest absolute Gasteiger partial charge is 0.165 e. The van der Waals surface area contributed by atoms with E-state index < -0.39 is 0 Å². The lowest BCUT2D eigenvalue weighted by atomic mass is 10.2. The highest BCUT2D eigenvalue weighted by Crippen LogP contribution is 2.22. The predicted octanol–water partition coefficient (Wildman–Crippen LogP) is 1.72. The van der Waals surface area contributed by atoms with Crippen LogP contribution in [-0.2, 0) is 7.05 Å². The van der Waals surface area contributed by atoms with E-state index in [4.69, 9.17) is 10.2 Å². The number of nitrogens with two attached hydrogens (primary N) is 1. The quantitative estimate of drug-likeness (QED) is 0.738. The number of anilines is 1. The average molecular weight is 241 g/mol. The Hall–Kier alpha value is -2.63. The number of furan rings is 1. The van der Waals surface area contributed by atoms with Crippen LogP contribution in [0.15, 0.2) is 41.5 Å². The standard InChI is InChI=1S/C12H11N5O/c1-17-6-9(5-14-17)10-4-11(13)16-12(15-10)8-2-3-18-7-8/h2-7H,1H3,(H2,13,15,16). The average Bonchev–Trinajstić information content (AvgIpc) is 2.98. The van der Waals surface area contributed by atoms with E-state index in [2.05, 4.69) is 15.1 Å². The van der Waals surface area contributed by atoms with Crippen molar-refractivity contribution >= 4 is 5.82 Å². The van der Waals surface area contributed by atoms with Crippen LogP contribution >= 0.6 is 0 Å². The summed E-state index contributed by atoms with van der Waals surface area (Å²) < 4.78 is 6.73. The van der Waals surface area contributed by atoms with Gasteiger partial charge < -0.3 is 10.2 Å². The predicted molar refractivity (Wildman–Crippen MR) is 66.3 cm³/mol. The van der Waals surface area contributed by atoms with Crippen LogP contribution in [0.25, 0.3) is 22.6 Å². The SMILES string of the molecule is Cn1cc(-c2cc(N)nc(-c3ccoc3)n2)cn1. The highest BCUT2D eigenvalue weighted by atomic mass is 16.3. The molecule has 3 aromatic rings. The zero-order chi connectivity index (χ0) is 12.5. The van der Waals surface area contributed by atoms with E-state index >= 15 is 0 Å². The maximum atomic E-state index is 5.80. The van der Waals surface area contributed by atoms with Crippen molar-refractivity contribution in [3.8, 4) is 22.6 Å². The lowest BCUT2D eigenvalue weighted by Gasteiger charge is -2.02. The van der Waals surface area contributed by atoms with E-state index in [9.17, 15) is 0 Å². The van der Waals surface area contributed by atoms with Crippen LogP contribution < -0.4 is 5.73 Å². The molecule has 3 heterocycles. The molecule has 0 unspecified atom stereocenters. The Kier molecular flexibility index (Phi) is 2.33. The van der Waals surface area contributed by atoms with Gasteiger partial charge in [-0.15, -0.1) is 0 Å². The molecule has 0 spiro atoms. The Balaban J connectivity index is 2.11. The summed E-state index contributed by atoms with van der Waals surface area (Å²) >= 11 is 0. The van der Waals surface area contributed by atoms with Gasteiger partial charge in [0.05, 0.1) is 23.7 Å². The Labute approximate surface area is 103 Å². The second-order valence-corrected chi connectivity index (χ2v) is 3.92. The highest BCUT2D eigenvalue weighted by Gasteiger charge is 2.09.